The van der Waals surface area contributed by atoms with Crippen LogP contribution in [0.25, 0.3) is 0 Å². The van der Waals surface area contributed by atoms with E-state index in [4.69, 9.17) is 0 Å². The van der Waals surface area contributed by atoms with Crippen LogP contribution < -0.4 is 5.32 Å². The lowest BCUT2D eigenvalue weighted by Gasteiger charge is -2.14. The van der Waals surface area contributed by atoms with Gasteiger partial charge in [-0.15, -0.1) is 0 Å². The maximum atomic E-state index is 4.32. The molecule has 100 valence electrons. The molecule has 1 saturated heterocycles. The van der Waals surface area contributed by atoms with E-state index >= 15 is 0 Å². The molecular formula is C16H21N3. The molecule has 1 N–H and O–H groups in total. The number of aryl methyl sites for hydroxylation is 3. The normalized spacial score (nSPS) is 18.9. The van der Waals surface area contributed by atoms with Crippen molar-refractivity contribution >= 4 is 0 Å². The van der Waals surface area contributed by atoms with Crippen molar-refractivity contribution in [3.05, 3.63) is 53.6 Å². The molecule has 1 atom stereocenters. The van der Waals surface area contributed by atoms with Crippen LogP contribution in [0.4, 0.5) is 0 Å². The van der Waals surface area contributed by atoms with Crippen molar-refractivity contribution in [3.8, 4) is 0 Å². The fourth-order valence-corrected chi connectivity index (χ4v) is 2.88. The van der Waals surface area contributed by atoms with Gasteiger partial charge in [-0.3, -0.25) is 0 Å². The summed E-state index contributed by atoms with van der Waals surface area (Å²) < 4.78 is 2.30. The standard InChI is InChI=1S/C16H21N3/c1-13-5-2-3-6-14(13)8-10-19-12-17-11-16(19)15-7-4-9-18-15/h2-3,5-6,11-12,15,18H,4,7-10H2,1H3. The van der Waals surface area contributed by atoms with E-state index in [1.165, 1.54) is 29.7 Å². The lowest BCUT2D eigenvalue weighted by atomic mass is 10.1. The first kappa shape index (κ1) is 12.4. The summed E-state index contributed by atoms with van der Waals surface area (Å²) in [6.45, 7) is 4.33. The predicted molar refractivity (Wildman–Crippen MR) is 77.1 cm³/mol. The summed E-state index contributed by atoms with van der Waals surface area (Å²) in [4.78, 5) is 4.32. The number of nitrogens with zero attached hydrogens (tertiary/aromatic N) is 2. The number of aromatic nitrogens is 2. The third-order valence-electron chi connectivity index (χ3n) is 4.05. The van der Waals surface area contributed by atoms with Crippen LogP contribution in [0.5, 0.6) is 0 Å². The predicted octanol–water partition coefficient (Wildman–Crippen LogP) is 2.86. The van der Waals surface area contributed by atoms with E-state index in [9.17, 15) is 0 Å². The Morgan fingerprint density at radius 1 is 1.37 bits per heavy atom. The SMILES string of the molecule is Cc1ccccc1CCn1cncc1C1CCCN1. The van der Waals surface area contributed by atoms with Gasteiger partial charge in [-0.1, -0.05) is 24.3 Å². The number of imidazole rings is 1. The van der Waals surface area contributed by atoms with Crippen molar-refractivity contribution in [3.63, 3.8) is 0 Å². The monoisotopic (exact) mass is 255 g/mol. The van der Waals surface area contributed by atoms with E-state index in [0.29, 0.717) is 6.04 Å². The molecular weight excluding hydrogens is 234 g/mol. The second-order valence-electron chi connectivity index (χ2n) is 5.34. The summed E-state index contributed by atoms with van der Waals surface area (Å²) in [6, 6.07) is 9.13. The highest BCUT2D eigenvalue weighted by molar-refractivity contribution is 5.25. The largest absolute Gasteiger partial charge is 0.333 e. The van der Waals surface area contributed by atoms with Crippen LogP contribution in [0.15, 0.2) is 36.8 Å². The zero-order valence-electron chi connectivity index (χ0n) is 11.5. The highest BCUT2D eigenvalue weighted by atomic mass is 15.1. The van der Waals surface area contributed by atoms with Crippen molar-refractivity contribution in [2.24, 2.45) is 0 Å². The molecule has 1 unspecified atom stereocenters. The van der Waals surface area contributed by atoms with Crippen molar-refractivity contribution in [1.82, 2.24) is 14.9 Å². The molecule has 0 bridgehead atoms. The Labute approximate surface area is 114 Å². The van der Waals surface area contributed by atoms with E-state index < -0.39 is 0 Å². The molecule has 0 amide bonds. The molecule has 0 spiro atoms. The third kappa shape index (κ3) is 2.71. The third-order valence-corrected chi connectivity index (χ3v) is 4.05. The minimum atomic E-state index is 0.499. The summed E-state index contributed by atoms with van der Waals surface area (Å²) in [5.41, 5.74) is 4.15. The lowest BCUT2D eigenvalue weighted by Crippen LogP contribution is -2.17. The Balaban J connectivity index is 1.70. The number of benzene rings is 1. The van der Waals surface area contributed by atoms with Crippen molar-refractivity contribution < 1.29 is 0 Å². The molecule has 2 aromatic rings. The van der Waals surface area contributed by atoms with Gasteiger partial charge in [0.1, 0.15) is 0 Å². The zero-order chi connectivity index (χ0) is 13.1. The summed E-state index contributed by atoms with van der Waals surface area (Å²) in [5, 5.41) is 3.55. The number of nitrogens with one attached hydrogen (secondary N) is 1. The van der Waals surface area contributed by atoms with Crippen molar-refractivity contribution in [2.45, 2.75) is 38.8 Å². The molecule has 3 rings (SSSR count). The lowest BCUT2D eigenvalue weighted by molar-refractivity contribution is 0.562. The molecule has 1 aromatic heterocycles. The van der Waals surface area contributed by atoms with Gasteiger partial charge in [-0.2, -0.15) is 0 Å². The van der Waals surface area contributed by atoms with Crippen LogP contribution in [0.1, 0.15) is 35.7 Å². The fourth-order valence-electron chi connectivity index (χ4n) is 2.88. The Hall–Kier alpha value is -1.61. The Morgan fingerprint density at radius 3 is 3.05 bits per heavy atom. The first-order valence-electron chi connectivity index (χ1n) is 7.12. The zero-order valence-corrected chi connectivity index (χ0v) is 11.5. The fraction of sp³-hybridized carbons (Fsp3) is 0.438. The highest BCUT2D eigenvalue weighted by Crippen LogP contribution is 2.23. The van der Waals surface area contributed by atoms with E-state index in [0.717, 1.165) is 19.5 Å². The first-order valence-corrected chi connectivity index (χ1v) is 7.12. The van der Waals surface area contributed by atoms with Gasteiger partial charge >= 0.3 is 0 Å². The number of hydrogen-bond donors (Lipinski definition) is 1. The summed E-state index contributed by atoms with van der Waals surface area (Å²) in [5.74, 6) is 0. The molecule has 0 aliphatic carbocycles. The van der Waals surface area contributed by atoms with Crippen LogP contribution in [0.3, 0.4) is 0 Å². The van der Waals surface area contributed by atoms with Crippen LogP contribution in [0, 0.1) is 6.92 Å². The maximum absolute atomic E-state index is 4.32. The first-order chi connectivity index (χ1) is 9.34. The molecule has 1 aliphatic rings. The quantitative estimate of drug-likeness (QED) is 0.910. The molecule has 0 saturated carbocycles. The molecule has 3 heteroatoms. The minimum Gasteiger partial charge on any atom is -0.333 e. The van der Waals surface area contributed by atoms with Gasteiger partial charge in [-0.25, -0.2) is 4.98 Å². The van der Waals surface area contributed by atoms with Crippen molar-refractivity contribution in [1.29, 1.82) is 0 Å². The van der Waals surface area contributed by atoms with Gasteiger partial charge in [0.05, 0.1) is 12.0 Å². The van der Waals surface area contributed by atoms with E-state index in [1.807, 2.05) is 12.5 Å². The van der Waals surface area contributed by atoms with E-state index in [1.54, 1.807) is 0 Å². The molecule has 0 radical (unpaired) electrons. The average Bonchev–Trinajstić information content (AvgIpc) is 3.08. The van der Waals surface area contributed by atoms with Crippen LogP contribution >= 0.6 is 0 Å². The highest BCUT2D eigenvalue weighted by Gasteiger charge is 2.19. The van der Waals surface area contributed by atoms with Crippen LogP contribution in [0.2, 0.25) is 0 Å². The summed E-state index contributed by atoms with van der Waals surface area (Å²) in [6.07, 6.45) is 7.56. The maximum Gasteiger partial charge on any atom is 0.0948 e. The summed E-state index contributed by atoms with van der Waals surface area (Å²) >= 11 is 0. The molecule has 2 heterocycles. The molecule has 1 aromatic carbocycles. The second kappa shape index (κ2) is 5.57. The Bertz CT molecular complexity index is 538. The van der Waals surface area contributed by atoms with Crippen LogP contribution in [-0.4, -0.2) is 16.1 Å². The number of hydrogen-bond acceptors (Lipinski definition) is 2. The van der Waals surface area contributed by atoms with Crippen LogP contribution in [-0.2, 0) is 13.0 Å². The van der Waals surface area contributed by atoms with Gasteiger partial charge in [0.25, 0.3) is 0 Å². The summed E-state index contributed by atoms with van der Waals surface area (Å²) in [7, 11) is 0. The number of rotatable bonds is 4. The van der Waals surface area contributed by atoms with Gasteiger partial charge in [-0.05, 0) is 43.9 Å². The smallest absolute Gasteiger partial charge is 0.0948 e. The second-order valence-corrected chi connectivity index (χ2v) is 5.34. The minimum absolute atomic E-state index is 0.499. The topological polar surface area (TPSA) is 29.9 Å². The Morgan fingerprint density at radius 2 is 2.26 bits per heavy atom. The molecule has 19 heavy (non-hydrogen) atoms. The van der Waals surface area contributed by atoms with Crippen molar-refractivity contribution in [2.75, 3.05) is 6.54 Å². The molecule has 3 nitrogen and oxygen atoms in total. The average molecular weight is 255 g/mol. The Kier molecular flexibility index (Phi) is 3.65. The van der Waals surface area contributed by atoms with Gasteiger partial charge in [0.15, 0.2) is 0 Å². The molecule has 1 fully saturated rings. The molecule has 1 aliphatic heterocycles. The van der Waals surface area contributed by atoms with Gasteiger partial charge in [0, 0.05) is 18.8 Å². The van der Waals surface area contributed by atoms with E-state index in [-0.39, 0.29) is 0 Å². The van der Waals surface area contributed by atoms with Gasteiger partial charge < -0.3 is 9.88 Å². The van der Waals surface area contributed by atoms with Gasteiger partial charge in [0.2, 0.25) is 0 Å². The van der Waals surface area contributed by atoms with E-state index in [2.05, 4.69) is 46.1 Å².